The summed E-state index contributed by atoms with van der Waals surface area (Å²) in [6, 6.07) is 0. The van der Waals surface area contributed by atoms with E-state index in [1.54, 1.807) is 0 Å². The largest absolute Gasteiger partial charge is 0.378 e. The van der Waals surface area contributed by atoms with Crippen LogP contribution in [0.4, 0.5) is 0 Å². The molecule has 0 aromatic heterocycles. The zero-order valence-corrected chi connectivity index (χ0v) is 10.4. The van der Waals surface area contributed by atoms with Crippen molar-refractivity contribution in [1.29, 1.82) is 0 Å². The molecule has 2 N–H and O–H groups in total. The van der Waals surface area contributed by atoms with Crippen LogP contribution < -0.4 is 10.6 Å². The predicted octanol–water partition coefficient (Wildman–Crippen LogP) is -0.423. The molecule has 0 aromatic rings. The van der Waals surface area contributed by atoms with Gasteiger partial charge in [-0.05, 0) is 19.3 Å². The minimum Gasteiger partial charge on any atom is -0.378 e. The second kappa shape index (κ2) is 6.93. The highest BCUT2D eigenvalue weighted by molar-refractivity contribution is 5.77. The molecule has 0 aromatic carbocycles. The van der Waals surface area contributed by atoms with E-state index < -0.39 is 0 Å². The maximum atomic E-state index is 11.7. The molecular formula is C12H23N3O2. The molecule has 17 heavy (non-hydrogen) atoms. The summed E-state index contributed by atoms with van der Waals surface area (Å²) in [6.45, 7) is 6.09. The normalized spacial score (nSPS) is 26.0. The molecule has 0 saturated carbocycles. The summed E-state index contributed by atoms with van der Waals surface area (Å²) in [4.78, 5) is 13.9. The van der Waals surface area contributed by atoms with Crippen LogP contribution in [0.2, 0.25) is 0 Å². The summed E-state index contributed by atoms with van der Waals surface area (Å²) >= 11 is 0. The summed E-state index contributed by atoms with van der Waals surface area (Å²) in [5, 5.41) is 6.25. The van der Waals surface area contributed by atoms with E-state index in [-0.39, 0.29) is 5.91 Å². The minimum absolute atomic E-state index is 0.143. The zero-order chi connectivity index (χ0) is 11.9. The Morgan fingerprint density at radius 3 is 2.94 bits per heavy atom. The molecule has 2 rings (SSSR count). The standard InChI is InChI=1S/C12H23N3O2/c16-12(10-15-7-5-13-6-8-15)14-4-3-11-2-1-9-17-11/h11,13H,1-10H2,(H,14,16). The number of hydrogen-bond acceptors (Lipinski definition) is 4. The summed E-state index contributed by atoms with van der Waals surface area (Å²) < 4.78 is 5.51. The third kappa shape index (κ3) is 4.61. The second-order valence-electron chi connectivity index (χ2n) is 4.80. The monoisotopic (exact) mass is 241 g/mol. The first-order chi connectivity index (χ1) is 8.34. The van der Waals surface area contributed by atoms with Crippen molar-refractivity contribution in [3.8, 4) is 0 Å². The van der Waals surface area contributed by atoms with Crippen LogP contribution in [0.15, 0.2) is 0 Å². The van der Waals surface area contributed by atoms with Crippen LogP contribution in [0.25, 0.3) is 0 Å². The third-order valence-electron chi connectivity index (χ3n) is 3.39. The first-order valence-corrected chi connectivity index (χ1v) is 6.66. The number of nitrogens with one attached hydrogen (secondary N) is 2. The number of ether oxygens (including phenoxy) is 1. The van der Waals surface area contributed by atoms with Crippen molar-refractivity contribution in [1.82, 2.24) is 15.5 Å². The Kier molecular flexibility index (Phi) is 5.22. The number of carbonyl (C=O) groups excluding carboxylic acids is 1. The fraction of sp³-hybridized carbons (Fsp3) is 0.917. The Hall–Kier alpha value is -0.650. The molecule has 1 amide bonds. The molecule has 2 aliphatic rings. The van der Waals surface area contributed by atoms with E-state index >= 15 is 0 Å². The molecule has 2 saturated heterocycles. The number of piperazine rings is 1. The van der Waals surface area contributed by atoms with Crippen LogP contribution in [0, 0.1) is 0 Å². The lowest BCUT2D eigenvalue weighted by Gasteiger charge is -2.26. The number of carbonyl (C=O) groups is 1. The van der Waals surface area contributed by atoms with Gasteiger partial charge in [-0.3, -0.25) is 9.69 Å². The molecule has 0 bridgehead atoms. The van der Waals surface area contributed by atoms with Gasteiger partial charge < -0.3 is 15.4 Å². The van der Waals surface area contributed by atoms with Gasteiger partial charge in [0.1, 0.15) is 0 Å². The van der Waals surface area contributed by atoms with E-state index in [0.717, 1.165) is 52.2 Å². The topological polar surface area (TPSA) is 53.6 Å². The molecule has 0 radical (unpaired) electrons. The van der Waals surface area contributed by atoms with E-state index in [1.165, 1.54) is 6.42 Å². The van der Waals surface area contributed by atoms with Gasteiger partial charge in [-0.25, -0.2) is 0 Å². The van der Waals surface area contributed by atoms with E-state index in [2.05, 4.69) is 15.5 Å². The SMILES string of the molecule is O=C(CN1CCNCC1)NCCC1CCCO1. The van der Waals surface area contributed by atoms with Crippen molar-refractivity contribution >= 4 is 5.91 Å². The summed E-state index contributed by atoms with van der Waals surface area (Å²) in [7, 11) is 0. The van der Waals surface area contributed by atoms with Gasteiger partial charge in [0, 0.05) is 39.3 Å². The van der Waals surface area contributed by atoms with Gasteiger partial charge in [0.2, 0.25) is 5.91 Å². The van der Waals surface area contributed by atoms with Gasteiger partial charge in [-0.1, -0.05) is 0 Å². The highest BCUT2D eigenvalue weighted by Crippen LogP contribution is 2.14. The van der Waals surface area contributed by atoms with Crippen molar-refractivity contribution in [2.24, 2.45) is 0 Å². The highest BCUT2D eigenvalue weighted by atomic mass is 16.5. The zero-order valence-electron chi connectivity index (χ0n) is 10.4. The average molecular weight is 241 g/mol. The third-order valence-corrected chi connectivity index (χ3v) is 3.39. The number of rotatable bonds is 5. The first kappa shape index (κ1) is 12.8. The van der Waals surface area contributed by atoms with E-state index in [0.29, 0.717) is 12.6 Å². The Balaban J connectivity index is 1.53. The maximum Gasteiger partial charge on any atom is 0.234 e. The molecule has 1 unspecified atom stereocenters. The Morgan fingerprint density at radius 2 is 2.24 bits per heavy atom. The summed E-state index contributed by atoms with van der Waals surface area (Å²) in [5.74, 6) is 0.143. The van der Waals surface area contributed by atoms with Crippen LogP contribution in [0.1, 0.15) is 19.3 Å². The van der Waals surface area contributed by atoms with E-state index in [9.17, 15) is 4.79 Å². The minimum atomic E-state index is 0.143. The quantitative estimate of drug-likeness (QED) is 0.686. The molecule has 0 spiro atoms. The van der Waals surface area contributed by atoms with Crippen LogP contribution in [0.5, 0.6) is 0 Å². The summed E-state index contributed by atoms with van der Waals surface area (Å²) in [6.07, 6.45) is 3.63. The van der Waals surface area contributed by atoms with E-state index in [1.807, 2.05) is 0 Å². The van der Waals surface area contributed by atoms with Gasteiger partial charge >= 0.3 is 0 Å². The maximum absolute atomic E-state index is 11.7. The Morgan fingerprint density at radius 1 is 1.41 bits per heavy atom. The lowest BCUT2D eigenvalue weighted by atomic mass is 10.2. The molecule has 1 atom stereocenters. The number of amides is 1. The van der Waals surface area contributed by atoms with Crippen molar-refractivity contribution < 1.29 is 9.53 Å². The molecule has 2 aliphatic heterocycles. The van der Waals surface area contributed by atoms with Crippen molar-refractivity contribution in [2.45, 2.75) is 25.4 Å². The molecule has 0 aliphatic carbocycles. The van der Waals surface area contributed by atoms with Gasteiger partial charge in [-0.15, -0.1) is 0 Å². The molecule has 98 valence electrons. The second-order valence-corrected chi connectivity index (χ2v) is 4.80. The Bertz CT molecular complexity index is 236. The van der Waals surface area contributed by atoms with Gasteiger partial charge in [0.25, 0.3) is 0 Å². The molecule has 5 nitrogen and oxygen atoms in total. The van der Waals surface area contributed by atoms with Crippen LogP contribution in [0.3, 0.4) is 0 Å². The van der Waals surface area contributed by atoms with Gasteiger partial charge in [0.05, 0.1) is 12.6 Å². The average Bonchev–Trinajstić information content (AvgIpc) is 2.83. The number of nitrogens with zero attached hydrogens (tertiary/aromatic N) is 1. The Labute approximate surface area is 103 Å². The summed E-state index contributed by atoms with van der Waals surface area (Å²) in [5.41, 5.74) is 0. The lowest BCUT2D eigenvalue weighted by molar-refractivity contribution is -0.122. The lowest BCUT2D eigenvalue weighted by Crippen LogP contribution is -2.47. The van der Waals surface area contributed by atoms with Crippen molar-refractivity contribution in [3.05, 3.63) is 0 Å². The molecule has 2 heterocycles. The highest BCUT2D eigenvalue weighted by Gasteiger charge is 2.16. The van der Waals surface area contributed by atoms with Crippen molar-refractivity contribution in [3.63, 3.8) is 0 Å². The van der Waals surface area contributed by atoms with Gasteiger partial charge in [0.15, 0.2) is 0 Å². The van der Waals surface area contributed by atoms with Crippen LogP contribution >= 0.6 is 0 Å². The molecule has 5 heteroatoms. The molecule has 2 fully saturated rings. The number of hydrogen-bond donors (Lipinski definition) is 2. The molecular weight excluding hydrogens is 218 g/mol. The smallest absolute Gasteiger partial charge is 0.234 e. The van der Waals surface area contributed by atoms with Gasteiger partial charge in [-0.2, -0.15) is 0 Å². The first-order valence-electron chi connectivity index (χ1n) is 6.66. The van der Waals surface area contributed by atoms with Crippen LogP contribution in [-0.4, -0.2) is 62.8 Å². The predicted molar refractivity (Wildman–Crippen MR) is 65.9 cm³/mol. The van der Waals surface area contributed by atoms with Crippen molar-refractivity contribution in [2.75, 3.05) is 45.9 Å². The van der Waals surface area contributed by atoms with Crippen LogP contribution in [-0.2, 0) is 9.53 Å². The fourth-order valence-electron chi connectivity index (χ4n) is 2.37. The fourth-order valence-corrected chi connectivity index (χ4v) is 2.37. The van der Waals surface area contributed by atoms with E-state index in [4.69, 9.17) is 4.74 Å².